The molecule has 0 fully saturated rings. The van der Waals surface area contributed by atoms with E-state index < -0.39 is 12.0 Å². The van der Waals surface area contributed by atoms with Crippen LogP contribution in [0.2, 0.25) is 5.15 Å². The summed E-state index contributed by atoms with van der Waals surface area (Å²) in [6, 6.07) is 1.12. The van der Waals surface area contributed by atoms with Crippen molar-refractivity contribution in [2.45, 2.75) is 26.1 Å². The molecule has 1 heterocycles. The lowest BCUT2D eigenvalue weighted by atomic mass is 10.3. The average Bonchev–Trinajstić information content (AvgIpc) is 2.23. The van der Waals surface area contributed by atoms with Crippen molar-refractivity contribution in [3.8, 4) is 0 Å². The molecule has 18 heavy (non-hydrogen) atoms. The van der Waals surface area contributed by atoms with Gasteiger partial charge in [-0.05, 0) is 13.8 Å². The molecule has 0 aliphatic rings. The lowest BCUT2D eigenvalue weighted by molar-refractivity contribution is -0.144. The van der Waals surface area contributed by atoms with Gasteiger partial charge in [0.25, 0.3) is 0 Å². The zero-order chi connectivity index (χ0) is 13.9. The van der Waals surface area contributed by atoms with Crippen LogP contribution in [0, 0.1) is 0 Å². The van der Waals surface area contributed by atoms with Gasteiger partial charge in [0.2, 0.25) is 5.82 Å². The van der Waals surface area contributed by atoms with Crippen molar-refractivity contribution in [3.63, 3.8) is 0 Å². The summed E-state index contributed by atoms with van der Waals surface area (Å²) in [7, 11) is 0. The topological polar surface area (TPSA) is 49.2 Å². The maximum absolute atomic E-state index is 12.5. The van der Waals surface area contributed by atoms with E-state index in [-0.39, 0.29) is 30.2 Å². The molecule has 0 saturated heterocycles. The van der Waals surface area contributed by atoms with Gasteiger partial charge in [-0.1, -0.05) is 11.6 Å². The molecule has 0 aliphatic heterocycles. The van der Waals surface area contributed by atoms with Crippen molar-refractivity contribution < 1.29 is 18.3 Å². The SMILES string of the molecule is CC(C)N(CCO)c1cc(Cl)nc(C(F)(F)F)n1. The number of alkyl halides is 3. The van der Waals surface area contributed by atoms with Gasteiger partial charge in [0, 0.05) is 18.7 Å². The Morgan fingerprint density at radius 2 is 2.00 bits per heavy atom. The van der Waals surface area contributed by atoms with Gasteiger partial charge in [0.05, 0.1) is 6.61 Å². The highest BCUT2D eigenvalue weighted by molar-refractivity contribution is 6.29. The first-order valence-electron chi connectivity index (χ1n) is 5.25. The van der Waals surface area contributed by atoms with E-state index in [9.17, 15) is 13.2 Å². The molecule has 0 bridgehead atoms. The van der Waals surface area contributed by atoms with Crippen LogP contribution in [-0.4, -0.2) is 34.3 Å². The molecule has 1 aromatic rings. The van der Waals surface area contributed by atoms with Gasteiger partial charge in [0.15, 0.2) is 0 Å². The largest absolute Gasteiger partial charge is 0.451 e. The van der Waals surface area contributed by atoms with E-state index >= 15 is 0 Å². The lowest BCUT2D eigenvalue weighted by Crippen LogP contribution is -2.34. The summed E-state index contributed by atoms with van der Waals surface area (Å²) in [6.07, 6.45) is -4.65. The number of hydrogen-bond acceptors (Lipinski definition) is 4. The Morgan fingerprint density at radius 3 is 2.44 bits per heavy atom. The van der Waals surface area contributed by atoms with Gasteiger partial charge >= 0.3 is 6.18 Å². The van der Waals surface area contributed by atoms with E-state index in [0.29, 0.717) is 0 Å². The quantitative estimate of drug-likeness (QED) is 0.862. The van der Waals surface area contributed by atoms with Crippen LogP contribution >= 0.6 is 11.6 Å². The van der Waals surface area contributed by atoms with E-state index in [0.717, 1.165) is 0 Å². The Balaban J connectivity index is 3.19. The van der Waals surface area contributed by atoms with Crippen LogP contribution in [0.15, 0.2) is 6.07 Å². The molecule has 0 atom stereocenters. The number of hydrogen-bond donors (Lipinski definition) is 1. The van der Waals surface area contributed by atoms with Crippen LogP contribution in [0.25, 0.3) is 0 Å². The second kappa shape index (κ2) is 5.71. The fourth-order valence-electron chi connectivity index (χ4n) is 1.42. The Morgan fingerprint density at radius 1 is 1.39 bits per heavy atom. The number of aliphatic hydroxyl groups is 1. The maximum atomic E-state index is 12.5. The van der Waals surface area contributed by atoms with E-state index in [1.165, 1.54) is 11.0 Å². The number of rotatable bonds is 4. The van der Waals surface area contributed by atoms with Gasteiger partial charge in [0.1, 0.15) is 11.0 Å². The van der Waals surface area contributed by atoms with Gasteiger partial charge in [-0.15, -0.1) is 0 Å². The first kappa shape index (κ1) is 15.0. The summed E-state index contributed by atoms with van der Waals surface area (Å²) in [5, 5.41) is 8.62. The lowest BCUT2D eigenvalue weighted by Gasteiger charge is -2.27. The van der Waals surface area contributed by atoms with Crippen molar-refractivity contribution in [2.24, 2.45) is 0 Å². The summed E-state index contributed by atoms with van der Waals surface area (Å²) < 4.78 is 37.6. The Bertz CT molecular complexity index is 412. The second-order valence-electron chi connectivity index (χ2n) is 3.88. The number of halogens is 4. The first-order valence-corrected chi connectivity index (χ1v) is 5.62. The molecular formula is C10H13ClF3N3O. The molecule has 0 radical (unpaired) electrons. The van der Waals surface area contributed by atoms with Gasteiger partial charge in [-0.2, -0.15) is 13.2 Å². The fraction of sp³-hybridized carbons (Fsp3) is 0.600. The van der Waals surface area contributed by atoms with Crippen molar-refractivity contribution in [1.82, 2.24) is 9.97 Å². The Labute approximate surface area is 107 Å². The highest BCUT2D eigenvalue weighted by Crippen LogP contribution is 2.29. The molecule has 1 aromatic heterocycles. The van der Waals surface area contributed by atoms with Crippen LogP contribution in [0.1, 0.15) is 19.7 Å². The van der Waals surface area contributed by atoms with Gasteiger partial charge in [-0.3, -0.25) is 0 Å². The molecule has 8 heteroatoms. The Hall–Kier alpha value is -1.08. The van der Waals surface area contributed by atoms with Crippen LogP contribution in [0.3, 0.4) is 0 Å². The molecule has 0 aliphatic carbocycles. The summed E-state index contributed by atoms with van der Waals surface area (Å²) in [6.45, 7) is 3.53. The van der Waals surface area contributed by atoms with Crippen molar-refractivity contribution in [3.05, 3.63) is 17.0 Å². The molecular weight excluding hydrogens is 271 g/mol. The highest BCUT2D eigenvalue weighted by atomic mass is 35.5. The first-order chi connectivity index (χ1) is 8.25. The molecule has 102 valence electrons. The van der Waals surface area contributed by atoms with Crippen LogP contribution in [0.5, 0.6) is 0 Å². The van der Waals surface area contributed by atoms with Crippen LogP contribution in [-0.2, 0) is 6.18 Å². The van der Waals surface area contributed by atoms with E-state index in [1.54, 1.807) is 13.8 Å². The smallest absolute Gasteiger partial charge is 0.395 e. The third-order valence-electron chi connectivity index (χ3n) is 2.19. The molecule has 0 amide bonds. The minimum atomic E-state index is -4.65. The summed E-state index contributed by atoms with van der Waals surface area (Å²) >= 11 is 5.56. The second-order valence-corrected chi connectivity index (χ2v) is 4.27. The fourth-order valence-corrected chi connectivity index (χ4v) is 1.60. The molecule has 0 unspecified atom stereocenters. The number of anilines is 1. The van der Waals surface area contributed by atoms with Crippen molar-refractivity contribution in [2.75, 3.05) is 18.1 Å². The molecule has 4 nitrogen and oxygen atoms in total. The molecule has 1 rings (SSSR count). The highest BCUT2D eigenvalue weighted by Gasteiger charge is 2.35. The third kappa shape index (κ3) is 3.71. The minimum absolute atomic E-state index is 0.0476. The van der Waals surface area contributed by atoms with E-state index in [1.807, 2.05) is 0 Å². The zero-order valence-electron chi connectivity index (χ0n) is 9.87. The predicted molar refractivity (Wildman–Crippen MR) is 61.6 cm³/mol. The standard InChI is InChI=1S/C10H13ClF3N3O/c1-6(2)17(3-4-18)8-5-7(11)15-9(16-8)10(12,13)14/h5-6,18H,3-4H2,1-2H3. The number of aromatic nitrogens is 2. The normalized spacial score (nSPS) is 12.0. The van der Waals surface area contributed by atoms with Crippen molar-refractivity contribution in [1.29, 1.82) is 0 Å². The maximum Gasteiger partial charge on any atom is 0.451 e. The minimum Gasteiger partial charge on any atom is -0.395 e. The number of aliphatic hydroxyl groups excluding tert-OH is 1. The molecule has 1 N–H and O–H groups in total. The Kier molecular flexibility index (Phi) is 4.75. The molecule has 0 saturated carbocycles. The van der Waals surface area contributed by atoms with Crippen molar-refractivity contribution >= 4 is 17.4 Å². The molecule has 0 spiro atoms. The summed E-state index contributed by atoms with van der Waals surface area (Å²) in [5.74, 6) is -1.24. The van der Waals surface area contributed by atoms with E-state index in [4.69, 9.17) is 16.7 Å². The zero-order valence-corrected chi connectivity index (χ0v) is 10.6. The van der Waals surface area contributed by atoms with Gasteiger partial charge < -0.3 is 10.0 Å². The molecule has 0 aromatic carbocycles. The average molecular weight is 284 g/mol. The van der Waals surface area contributed by atoms with Gasteiger partial charge in [-0.25, -0.2) is 9.97 Å². The van der Waals surface area contributed by atoms with Crippen LogP contribution in [0.4, 0.5) is 19.0 Å². The predicted octanol–water partition coefficient (Wildman–Crippen LogP) is 2.36. The monoisotopic (exact) mass is 283 g/mol. The van der Waals surface area contributed by atoms with E-state index in [2.05, 4.69) is 9.97 Å². The summed E-state index contributed by atoms with van der Waals surface area (Å²) in [5.41, 5.74) is 0. The number of nitrogens with zero attached hydrogens (tertiary/aromatic N) is 3. The summed E-state index contributed by atoms with van der Waals surface area (Å²) in [4.78, 5) is 8.10. The van der Waals surface area contributed by atoms with Crippen LogP contribution < -0.4 is 4.90 Å². The third-order valence-corrected chi connectivity index (χ3v) is 2.39.